The van der Waals surface area contributed by atoms with E-state index in [9.17, 15) is 52.8 Å². The van der Waals surface area contributed by atoms with Crippen LogP contribution in [0.4, 0.5) is 24.5 Å². The number of hydrogen-bond acceptors (Lipinski definition) is 10. The van der Waals surface area contributed by atoms with Crippen LogP contribution in [0.15, 0.2) is 53.0 Å². The van der Waals surface area contributed by atoms with Crippen molar-refractivity contribution in [3.8, 4) is 5.75 Å². The molecule has 0 heterocycles. The maximum atomic E-state index is 14.1. The van der Waals surface area contributed by atoms with Gasteiger partial charge in [0.05, 0.1) is 22.9 Å². The first-order chi connectivity index (χ1) is 21.3. The number of allylic oxidation sites excluding steroid dienone is 1. The predicted molar refractivity (Wildman–Crippen MR) is 165 cm³/mol. The van der Waals surface area contributed by atoms with Gasteiger partial charge in [0.2, 0.25) is 5.78 Å². The van der Waals surface area contributed by atoms with Crippen LogP contribution >= 0.6 is 12.4 Å². The number of alkyl halides is 3. The number of benzene rings is 2. The molecule has 2 amide bonds. The quantitative estimate of drug-likeness (QED) is 0.202. The lowest BCUT2D eigenvalue weighted by Gasteiger charge is -2.50. The number of rotatable bonds is 5. The monoisotopic (exact) mass is 680 g/mol. The first kappa shape index (κ1) is 35.3. The van der Waals surface area contributed by atoms with Gasteiger partial charge in [0.1, 0.15) is 17.1 Å². The highest BCUT2D eigenvalue weighted by atomic mass is 35.5. The number of anilines is 2. The van der Waals surface area contributed by atoms with Crippen LogP contribution in [0.3, 0.4) is 0 Å². The van der Waals surface area contributed by atoms with E-state index in [1.165, 1.54) is 25.1 Å². The van der Waals surface area contributed by atoms with Crippen LogP contribution in [0.5, 0.6) is 5.75 Å². The smallest absolute Gasteiger partial charge is 0.416 e. The molecule has 2 aromatic carbocycles. The van der Waals surface area contributed by atoms with E-state index >= 15 is 0 Å². The summed E-state index contributed by atoms with van der Waals surface area (Å²) in [6, 6.07) is 3.80. The molecule has 12 nitrogen and oxygen atoms in total. The number of nitrogens with one attached hydrogen (secondary N) is 1. The average Bonchev–Trinajstić information content (AvgIpc) is 2.95. The van der Waals surface area contributed by atoms with Gasteiger partial charge in [-0.05, 0) is 62.7 Å². The zero-order chi connectivity index (χ0) is 34.2. The Bertz CT molecular complexity index is 1790. The Morgan fingerprint density at radius 1 is 1.06 bits per heavy atom. The summed E-state index contributed by atoms with van der Waals surface area (Å²) >= 11 is 0. The highest BCUT2D eigenvalue weighted by Crippen LogP contribution is 2.54. The molecular weight excluding hydrogens is 649 g/mol. The van der Waals surface area contributed by atoms with Crippen LogP contribution in [0.25, 0.3) is 0 Å². The Morgan fingerprint density at radius 2 is 1.70 bits per heavy atom. The van der Waals surface area contributed by atoms with Crippen molar-refractivity contribution in [1.29, 1.82) is 0 Å². The number of phenolic OH excluding ortho intramolecular Hbond substituents is 1. The minimum absolute atomic E-state index is 0. The number of phenols is 1. The molecule has 7 N–H and O–H groups in total. The van der Waals surface area contributed by atoms with Crippen molar-refractivity contribution >= 4 is 47.2 Å². The van der Waals surface area contributed by atoms with Gasteiger partial charge in [-0.2, -0.15) is 13.2 Å². The highest BCUT2D eigenvalue weighted by Gasteiger charge is 2.63. The standard InChI is InChI=1S/C31H31F3N4O8.ClH/c1-37(2)18-11-17(36-29(45)12-6-5-7-14(8-12)31(32,33)34)23(39)20-15(18)9-13-10-16-22(38(3)4)25(41)21(28(35)44)27(43)30(16,46)26(42)19(13)24(20)40;/h5-8,11,13,16,22,39,41-42,46H,9-10H2,1-4H3,(H2,35,44)(H,36,45);1H/t13?,16?,22-,30?;/m0./s1. The molecule has 2 aromatic rings. The number of aliphatic hydroxyl groups excluding tert-OH is 2. The number of nitrogens with zero attached hydrogens (tertiary/aromatic N) is 2. The van der Waals surface area contributed by atoms with E-state index in [0.29, 0.717) is 17.3 Å². The molecule has 0 spiro atoms. The minimum atomic E-state index is -4.72. The Balaban J connectivity index is 0.00000500. The van der Waals surface area contributed by atoms with Crippen molar-refractivity contribution in [1.82, 2.24) is 4.90 Å². The van der Waals surface area contributed by atoms with Crippen LogP contribution in [0.2, 0.25) is 0 Å². The number of aromatic hydroxyl groups is 1. The molecule has 0 aliphatic heterocycles. The van der Waals surface area contributed by atoms with Crippen LogP contribution in [-0.4, -0.2) is 88.5 Å². The molecule has 0 radical (unpaired) electrons. The Kier molecular flexibility index (Phi) is 8.92. The molecule has 3 aliphatic carbocycles. The van der Waals surface area contributed by atoms with Gasteiger partial charge in [-0.3, -0.25) is 24.1 Å². The van der Waals surface area contributed by atoms with Gasteiger partial charge < -0.3 is 36.4 Å². The highest BCUT2D eigenvalue weighted by molar-refractivity contribution is 6.25. The summed E-state index contributed by atoms with van der Waals surface area (Å²) in [5.74, 6) is -9.28. The number of likely N-dealkylation sites (N-methyl/N-ethyl adjacent to an activating group) is 1. The van der Waals surface area contributed by atoms with E-state index in [1.54, 1.807) is 19.0 Å². The maximum absolute atomic E-state index is 14.1. The van der Waals surface area contributed by atoms with Crippen molar-refractivity contribution in [2.45, 2.75) is 30.7 Å². The van der Waals surface area contributed by atoms with Gasteiger partial charge in [0.25, 0.3) is 11.8 Å². The summed E-state index contributed by atoms with van der Waals surface area (Å²) in [5, 5.41) is 47.8. The number of primary amides is 1. The molecule has 0 saturated carbocycles. The molecule has 47 heavy (non-hydrogen) atoms. The number of carbonyl (C=O) groups excluding carboxylic acids is 4. The van der Waals surface area contributed by atoms with Crippen molar-refractivity contribution < 1.29 is 52.8 Å². The van der Waals surface area contributed by atoms with Crippen LogP contribution < -0.4 is 16.0 Å². The third-order valence-electron chi connectivity index (χ3n) is 8.88. The van der Waals surface area contributed by atoms with E-state index in [4.69, 9.17) is 5.73 Å². The van der Waals surface area contributed by atoms with Gasteiger partial charge in [-0.25, -0.2) is 0 Å². The fraction of sp³-hybridized carbons (Fsp3) is 0.355. The summed E-state index contributed by atoms with van der Waals surface area (Å²) in [4.78, 5) is 55.8. The maximum Gasteiger partial charge on any atom is 0.416 e. The van der Waals surface area contributed by atoms with Crippen molar-refractivity contribution in [2.24, 2.45) is 17.6 Å². The molecule has 0 fully saturated rings. The number of halogens is 4. The molecule has 3 aliphatic rings. The zero-order valence-corrected chi connectivity index (χ0v) is 26.3. The number of ketones is 2. The Labute approximate surface area is 272 Å². The second kappa shape index (κ2) is 11.9. The van der Waals surface area contributed by atoms with E-state index < -0.39 is 87.0 Å². The fourth-order valence-electron chi connectivity index (χ4n) is 6.82. The number of fused-ring (bicyclic) bond motifs is 3. The largest absolute Gasteiger partial charge is 0.510 e. The van der Waals surface area contributed by atoms with Gasteiger partial charge in [0.15, 0.2) is 17.1 Å². The summed E-state index contributed by atoms with van der Waals surface area (Å²) in [7, 11) is 6.28. The van der Waals surface area contributed by atoms with Crippen LogP contribution in [0, 0.1) is 11.8 Å². The third-order valence-corrected chi connectivity index (χ3v) is 8.88. The molecular formula is C31H32ClF3N4O8. The molecule has 0 saturated heterocycles. The summed E-state index contributed by atoms with van der Waals surface area (Å²) in [6.07, 6.45) is -4.84. The van der Waals surface area contributed by atoms with E-state index in [2.05, 4.69) is 5.32 Å². The summed E-state index contributed by atoms with van der Waals surface area (Å²) in [5.41, 5.74) is -0.311. The van der Waals surface area contributed by atoms with Crippen LogP contribution in [0.1, 0.15) is 38.3 Å². The molecule has 3 unspecified atom stereocenters. The first-order valence-electron chi connectivity index (χ1n) is 14.0. The fourth-order valence-corrected chi connectivity index (χ4v) is 6.82. The van der Waals surface area contributed by atoms with Gasteiger partial charge in [-0.1, -0.05) is 6.07 Å². The zero-order valence-electron chi connectivity index (χ0n) is 25.5. The molecule has 5 rings (SSSR count). The van der Waals surface area contributed by atoms with E-state index in [-0.39, 0.29) is 42.1 Å². The molecule has 16 heteroatoms. The van der Waals surface area contributed by atoms with Crippen LogP contribution in [-0.2, 0) is 22.2 Å². The number of hydrogen-bond donors (Lipinski definition) is 6. The lowest BCUT2D eigenvalue weighted by atomic mass is 9.58. The normalized spacial score (nSPS) is 23.9. The second-order valence-corrected chi connectivity index (χ2v) is 12.0. The van der Waals surface area contributed by atoms with Crippen molar-refractivity contribution in [2.75, 3.05) is 38.4 Å². The molecule has 4 atom stereocenters. The summed E-state index contributed by atoms with van der Waals surface area (Å²) in [6.45, 7) is 0. The van der Waals surface area contributed by atoms with Crippen molar-refractivity contribution in [3.05, 3.63) is 75.3 Å². The lowest BCUT2D eigenvalue weighted by molar-refractivity contribution is -0.148. The number of carbonyl (C=O) groups is 4. The minimum Gasteiger partial charge on any atom is -0.510 e. The second-order valence-electron chi connectivity index (χ2n) is 12.0. The van der Waals surface area contributed by atoms with E-state index in [1.807, 2.05) is 0 Å². The van der Waals surface area contributed by atoms with E-state index in [0.717, 1.165) is 18.2 Å². The lowest BCUT2D eigenvalue weighted by Crippen LogP contribution is -2.63. The topological polar surface area (TPSA) is 194 Å². The third kappa shape index (κ3) is 5.37. The Morgan fingerprint density at radius 3 is 2.26 bits per heavy atom. The molecule has 0 aromatic heterocycles. The van der Waals surface area contributed by atoms with Crippen molar-refractivity contribution in [3.63, 3.8) is 0 Å². The van der Waals surface area contributed by atoms with Gasteiger partial charge >= 0.3 is 6.18 Å². The first-order valence-corrected chi connectivity index (χ1v) is 14.0. The average molecular weight is 681 g/mol. The number of nitrogens with two attached hydrogens (primary N) is 1. The molecule has 0 bridgehead atoms. The number of amides is 2. The predicted octanol–water partition coefficient (Wildman–Crippen LogP) is 2.88. The SMILES string of the molecule is CN(C)c1cc(NC(=O)c2cccc(C(F)(F)F)c2)c(O)c2c1CC1CC3[C@H](N(C)C)C(O)=C(C(N)=O)C(=O)C3(O)C(O)=C1C2=O.Cl. The van der Waals surface area contributed by atoms with Gasteiger partial charge in [-0.15, -0.1) is 12.4 Å². The summed E-state index contributed by atoms with van der Waals surface area (Å²) < 4.78 is 39.7. The molecule has 252 valence electrons. The number of Topliss-reactive ketones (excluding diaryl/α,β-unsaturated/α-hetero) is 2. The van der Waals surface area contributed by atoms with Gasteiger partial charge in [0, 0.05) is 36.8 Å². The number of aliphatic hydroxyl groups is 3. The Hall–Kier alpha value is -4.60.